The first-order valence-corrected chi connectivity index (χ1v) is 28.0. The summed E-state index contributed by atoms with van der Waals surface area (Å²) < 4.78 is 16.8. The molecule has 0 aromatic rings. The number of allylic oxidation sites excluding steroid dienone is 18. The van der Waals surface area contributed by atoms with Crippen LogP contribution in [0.1, 0.15) is 245 Å². The molecule has 6 heteroatoms. The maximum atomic E-state index is 12.8. The van der Waals surface area contributed by atoms with Crippen LogP contribution >= 0.6 is 0 Å². The third kappa shape index (κ3) is 53.0. The Balaban J connectivity index is 4.54. The fourth-order valence-electron chi connectivity index (χ4n) is 7.40. The molecule has 0 bridgehead atoms. The normalized spacial score (nSPS) is 12.9. The predicted molar refractivity (Wildman–Crippen MR) is 293 cm³/mol. The van der Waals surface area contributed by atoms with Gasteiger partial charge in [0.05, 0.1) is 0 Å². The Morgan fingerprint density at radius 3 is 1.09 bits per heavy atom. The molecular formula is C62H102O6. The molecule has 1 unspecified atom stereocenters. The van der Waals surface area contributed by atoms with E-state index in [0.29, 0.717) is 19.3 Å². The van der Waals surface area contributed by atoms with Gasteiger partial charge in [0.25, 0.3) is 0 Å². The van der Waals surface area contributed by atoms with Gasteiger partial charge in [-0.2, -0.15) is 0 Å². The summed E-state index contributed by atoms with van der Waals surface area (Å²) in [6.45, 7) is 6.41. The number of rotatable bonds is 49. The highest BCUT2D eigenvalue weighted by atomic mass is 16.6. The maximum absolute atomic E-state index is 12.8. The zero-order valence-electron chi connectivity index (χ0n) is 44.1. The van der Waals surface area contributed by atoms with Crippen molar-refractivity contribution < 1.29 is 28.6 Å². The number of hydrogen-bond donors (Lipinski definition) is 0. The molecule has 0 saturated carbocycles. The molecule has 0 spiro atoms. The van der Waals surface area contributed by atoms with E-state index in [-0.39, 0.29) is 37.5 Å². The summed E-state index contributed by atoms with van der Waals surface area (Å²) in [4.78, 5) is 38.1. The van der Waals surface area contributed by atoms with Gasteiger partial charge in [0.2, 0.25) is 0 Å². The Morgan fingerprint density at radius 2 is 0.647 bits per heavy atom. The molecule has 0 aromatic heterocycles. The van der Waals surface area contributed by atoms with Gasteiger partial charge in [-0.25, -0.2) is 0 Å². The molecule has 1 atom stereocenters. The van der Waals surface area contributed by atoms with Gasteiger partial charge in [-0.1, -0.05) is 239 Å². The lowest BCUT2D eigenvalue weighted by atomic mass is 10.1. The summed E-state index contributed by atoms with van der Waals surface area (Å²) in [5.74, 6) is -1.01. The molecule has 0 N–H and O–H groups in total. The lowest BCUT2D eigenvalue weighted by Crippen LogP contribution is -2.30. The zero-order chi connectivity index (χ0) is 49.3. The molecule has 0 rings (SSSR count). The third-order valence-electron chi connectivity index (χ3n) is 11.6. The number of hydrogen-bond acceptors (Lipinski definition) is 6. The van der Waals surface area contributed by atoms with Crippen molar-refractivity contribution in [3.8, 4) is 0 Å². The van der Waals surface area contributed by atoms with Gasteiger partial charge in [0.1, 0.15) is 13.2 Å². The Labute approximate surface area is 419 Å². The number of carbonyl (C=O) groups excluding carboxylic acids is 3. The van der Waals surface area contributed by atoms with E-state index in [1.54, 1.807) is 0 Å². The van der Waals surface area contributed by atoms with Gasteiger partial charge in [-0.3, -0.25) is 14.4 Å². The highest BCUT2D eigenvalue weighted by Gasteiger charge is 2.19. The summed E-state index contributed by atoms with van der Waals surface area (Å²) in [7, 11) is 0. The minimum Gasteiger partial charge on any atom is -0.462 e. The zero-order valence-corrected chi connectivity index (χ0v) is 44.1. The average Bonchev–Trinajstić information content (AvgIpc) is 3.34. The van der Waals surface area contributed by atoms with E-state index in [2.05, 4.69) is 112 Å². The van der Waals surface area contributed by atoms with Crippen LogP contribution in [-0.4, -0.2) is 37.2 Å². The summed E-state index contributed by atoms with van der Waals surface area (Å²) in [5, 5.41) is 0. The van der Waals surface area contributed by atoms with Crippen LogP contribution in [0.25, 0.3) is 0 Å². The van der Waals surface area contributed by atoms with Gasteiger partial charge in [-0.05, 0) is 96.3 Å². The number of carbonyl (C=O) groups is 3. The number of ether oxygens (including phenoxy) is 3. The number of esters is 3. The fourth-order valence-corrected chi connectivity index (χ4v) is 7.40. The second kappa shape index (κ2) is 55.7. The summed E-state index contributed by atoms with van der Waals surface area (Å²) in [5.41, 5.74) is 0. The first-order valence-electron chi connectivity index (χ1n) is 28.0. The van der Waals surface area contributed by atoms with E-state index >= 15 is 0 Å². The average molecular weight is 943 g/mol. The van der Waals surface area contributed by atoms with E-state index in [9.17, 15) is 14.4 Å². The lowest BCUT2D eigenvalue weighted by molar-refractivity contribution is -0.167. The van der Waals surface area contributed by atoms with Gasteiger partial charge >= 0.3 is 17.9 Å². The molecular weight excluding hydrogens is 841 g/mol. The minimum atomic E-state index is -0.823. The maximum Gasteiger partial charge on any atom is 0.306 e. The van der Waals surface area contributed by atoms with Crippen molar-refractivity contribution in [3.05, 3.63) is 109 Å². The van der Waals surface area contributed by atoms with Crippen LogP contribution in [0, 0.1) is 0 Å². The molecule has 0 aliphatic heterocycles. The van der Waals surface area contributed by atoms with Gasteiger partial charge in [0, 0.05) is 19.3 Å². The fraction of sp³-hybridized carbons (Fsp3) is 0.661. The Hall–Kier alpha value is -3.93. The second-order valence-electron chi connectivity index (χ2n) is 18.2. The van der Waals surface area contributed by atoms with E-state index < -0.39 is 6.10 Å². The Morgan fingerprint density at radius 1 is 0.324 bits per heavy atom. The van der Waals surface area contributed by atoms with Crippen LogP contribution in [0.2, 0.25) is 0 Å². The predicted octanol–water partition coefficient (Wildman–Crippen LogP) is 18.7. The molecule has 0 heterocycles. The largest absolute Gasteiger partial charge is 0.462 e. The lowest BCUT2D eigenvalue weighted by Gasteiger charge is -2.18. The minimum absolute atomic E-state index is 0.116. The van der Waals surface area contributed by atoms with Crippen molar-refractivity contribution in [2.24, 2.45) is 0 Å². The van der Waals surface area contributed by atoms with Crippen LogP contribution in [0.3, 0.4) is 0 Å². The van der Waals surface area contributed by atoms with Crippen molar-refractivity contribution in [1.82, 2.24) is 0 Å². The Bertz CT molecular complexity index is 1410. The van der Waals surface area contributed by atoms with Gasteiger partial charge in [0.15, 0.2) is 6.10 Å². The monoisotopic (exact) mass is 943 g/mol. The standard InChI is InChI=1S/C62H102O6/c1-4-7-10-13-16-19-22-25-28-30-32-34-37-40-43-46-49-52-55-61(64)67-58-59(57-66-60(63)54-51-48-45-42-39-36-33-27-24-21-18-15-12-9-6-3)68-62(65)56-53-50-47-44-41-38-35-31-29-26-23-20-17-14-11-8-5-2/h9,12,15,18,21,24,26-30,32-35,38,44,47,59H,4-8,10-11,13-14,16-17,19-20,22-23,25,31,36-37,39-43,45-46,48-58H2,1-3H3/b12-9-,18-15-,24-21-,29-26-,30-28-,33-27-,34-32-,38-35-,47-44-. The summed E-state index contributed by atoms with van der Waals surface area (Å²) in [6.07, 6.45) is 75.1. The molecule has 0 aliphatic rings. The third-order valence-corrected chi connectivity index (χ3v) is 11.6. The first-order chi connectivity index (χ1) is 33.5. The number of unbranched alkanes of at least 4 members (excludes halogenated alkanes) is 24. The summed E-state index contributed by atoms with van der Waals surface area (Å²) >= 11 is 0. The molecule has 0 aromatic carbocycles. The van der Waals surface area contributed by atoms with E-state index in [0.717, 1.165) is 103 Å². The van der Waals surface area contributed by atoms with Crippen molar-refractivity contribution >= 4 is 17.9 Å². The molecule has 0 radical (unpaired) electrons. The first kappa shape index (κ1) is 64.1. The molecule has 68 heavy (non-hydrogen) atoms. The highest BCUT2D eigenvalue weighted by molar-refractivity contribution is 5.71. The van der Waals surface area contributed by atoms with Crippen LogP contribution < -0.4 is 0 Å². The second-order valence-corrected chi connectivity index (χ2v) is 18.2. The van der Waals surface area contributed by atoms with E-state index in [1.807, 2.05) is 18.2 Å². The smallest absolute Gasteiger partial charge is 0.306 e. The molecule has 0 saturated heterocycles. The molecule has 386 valence electrons. The molecule has 0 aliphatic carbocycles. The molecule has 6 nitrogen and oxygen atoms in total. The van der Waals surface area contributed by atoms with E-state index in [4.69, 9.17) is 14.2 Å². The van der Waals surface area contributed by atoms with Crippen LogP contribution in [0.15, 0.2) is 109 Å². The van der Waals surface area contributed by atoms with Gasteiger partial charge < -0.3 is 14.2 Å². The van der Waals surface area contributed by atoms with Crippen LogP contribution in [0.4, 0.5) is 0 Å². The molecule has 0 amide bonds. The summed E-state index contributed by atoms with van der Waals surface area (Å²) in [6, 6.07) is 0. The molecule has 0 fully saturated rings. The van der Waals surface area contributed by atoms with Gasteiger partial charge in [-0.15, -0.1) is 0 Å². The quantitative estimate of drug-likeness (QED) is 0.0199. The van der Waals surface area contributed by atoms with Crippen LogP contribution in [-0.2, 0) is 28.6 Å². The van der Waals surface area contributed by atoms with E-state index in [1.165, 1.54) is 96.3 Å². The highest BCUT2D eigenvalue weighted by Crippen LogP contribution is 2.13. The van der Waals surface area contributed by atoms with Crippen molar-refractivity contribution in [1.29, 1.82) is 0 Å². The Kier molecular flexibility index (Phi) is 52.4. The van der Waals surface area contributed by atoms with Crippen LogP contribution in [0.5, 0.6) is 0 Å². The van der Waals surface area contributed by atoms with Crippen molar-refractivity contribution in [2.75, 3.05) is 13.2 Å². The van der Waals surface area contributed by atoms with Crippen molar-refractivity contribution in [3.63, 3.8) is 0 Å². The SMILES string of the molecule is CC\C=C/C=C\C=C/C=C\CCCCCCCC(=O)OCC(COC(=O)CCCCCCC/C=C\C=C/CCCCCCCCC)OC(=O)CCC/C=C\C/C=C\C/C=C\CCCCCCCC. The van der Waals surface area contributed by atoms with Crippen molar-refractivity contribution in [2.45, 2.75) is 252 Å². The topological polar surface area (TPSA) is 78.9 Å².